The number of anilines is 1. The molecule has 0 spiro atoms. The maximum absolute atomic E-state index is 12.6. The van der Waals surface area contributed by atoms with Gasteiger partial charge in [-0.3, -0.25) is 4.79 Å². The first-order chi connectivity index (χ1) is 13.8. The maximum Gasteiger partial charge on any atom is 0.260 e. The van der Waals surface area contributed by atoms with Crippen molar-refractivity contribution in [2.75, 3.05) is 19.0 Å². The van der Waals surface area contributed by atoms with Gasteiger partial charge in [-0.05, 0) is 42.3 Å². The number of benzene rings is 3. The minimum absolute atomic E-state index is 0.0459. The zero-order valence-corrected chi connectivity index (χ0v) is 17.2. The van der Waals surface area contributed by atoms with Crippen LogP contribution in [0, 0.1) is 6.92 Å². The molecule has 0 atom stereocenters. The Balaban J connectivity index is 1.92. The molecule has 0 saturated carbocycles. The molecule has 2 N–H and O–H groups in total. The van der Waals surface area contributed by atoms with Crippen LogP contribution in [0.1, 0.15) is 5.56 Å². The molecule has 0 fully saturated rings. The smallest absolute Gasteiger partial charge is 0.260 e. The maximum atomic E-state index is 12.6. The lowest BCUT2D eigenvalue weighted by atomic mass is 9.99. The van der Waals surface area contributed by atoms with Gasteiger partial charge in [0.05, 0.1) is 16.1 Å². The second-order valence-corrected chi connectivity index (χ2v) is 7.77. The number of nitrogens with one attached hydrogen (secondary N) is 1. The summed E-state index contributed by atoms with van der Waals surface area (Å²) in [6.45, 7) is 1.98. The standard InChI is InChI=1S/C24H21ClN2O2/c1-14-4-6-16(7-5-14)22-23(28)19-12-18(20(25)13-21(19)26-24(22)29)15-8-10-17(11-9-15)27(2)3/h4-13H,1-3H3,(H2,26,28,29). The first kappa shape index (κ1) is 19.1. The lowest BCUT2D eigenvalue weighted by molar-refractivity contribution is 0.482. The number of rotatable bonds is 3. The zero-order valence-electron chi connectivity index (χ0n) is 16.5. The van der Waals surface area contributed by atoms with E-state index >= 15 is 0 Å². The van der Waals surface area contributed by atoms with E-state index in [0.717, 1.165) is 22.4 Å². The summed E-state index contributed by atoms with van der Waals surface area (Å²) in [4.78, 5) is 17.5. The minimum Gasteiger partial charge on any atom is -0.506 e. The van der Waals surface area contributed by atoms with Gasteiger partial charge < -0.3 is 15.0 Å². The molecule has 146 valence electrons. The third-order valence-electron chi connectivity index (χ3n) is 5.11. The van der Waals surface area contributed by atoms with Crippen LogP contribution >= 0.6 is 11.6 Å². The molecule has 1 heterocycles. The van der Waals surface area contributed by atoms with Crippen molar-refractivity contribution in [3.63, 3.8) is 0 Å². The van der Waals surface area contributed by atoms with E-state index in [1.165, 1.54) is 0 Å². The molecule has 1 aromatic heterocycles. The molecule has 0 aliphatic heterocycles. The Morgan fingerprint density at radius 1 is 0.931 bits per heavy atom. The summed E-state index contributed by atoms with van der Waals surface area (Å²) in [6, 6.07) is 19.0. The van der Waals surface area contributed by atoms with Crippen molar-refractivity contribution in [1.29, 1.82) is 0 Å². The highest BCUT2D eigenvalue weighted by molar-refractivity contribution is 6.34. The van der Waals surface area contributed by atoms with Crippen LogP contribution in [0.4, 0.5) is 5.69 Å². The van der Waals surface area contributed by atoms with Crippen molar-refractivity contribution < 1.29 is 5.11 Å². The molecule has 0 aliphatic carbocycles. The molecule has 0 aliphatic rings. The van der Waals surface area contributed by atoms with Gasteiger partial charge in [0.1, 0.15) is 5.75 Å². The van der Waals surface area contributed by atoms with Gasteiger partial charge in [0.2, 0.25) is 0 Å². The average molecular weight is 405 g/mol. The van der Waals surface area contributed by atoms with Crippen LogP contribution in [0.15, 0.2) is 65.5 Å². The summed E-state index contributed by atoms with van der Waals surface area (Å²) in [7, 11) is 3.97. The number of H-pyrrole nitrogens is 1. The summed E-state index contributed by atoms with van der Waals surface area (Å²) >= 11 is 6.50. The molecule has 0 unspecified atom stereocenters. The summed E-state index contributed by atoms with van der Waals surface area (Å²) < 4.78 is 0. The molecule has 0 saturated heterocycles. The number of hydrogen-bond acceptors (Lipinski definition) is 3. The molecule has 4 rings (SSSR count). The van der Waals surface area contributed by atoms with Crippen molar-refractivity contribution in [1.82, 2.24) is 4.98 Å². The Hall–Kier alpha value is -3.24. The Kier molecular flexibility index (Phi) is 4.81. The number of aromatic hydroxyl groups is 1. The lowest BCUT2D eigenvalue weighted by Gasteiger charge is -2.14. The second kappa shape index (κ2) is 7.30. The predicted octanol–water partition coefficient (Wildman–Crippen LogP) is 5.60. The fourth-order valence-corrected chi connectivity index (χ4v) is 3.72. The normalized spacial score (nSPS) is 11.0. The number of halogens is 1. The fourth-order valence-electron chi connectivity index (χ4n) is 3.45. The molecule has 5 heteroatoms. The Morgan fingerprint density at radius 3 is 2.17 bits per heavy atom. The number of aryl methyl sites for hydroxylation is 1. The van der Waals surface area contributed by atoms with Gasteiger partial charge in [0.25, 0.3) is 5.56 Å². The Labute approximate surface area is 174 Å². The molecular weight excluding hydrogens is 384 g/mol. The lowest BCUT2D eigenvalue weighted by Crippen LogP contribution is -2.09. The molecule has 0 radical (unpaired) electrons. The molecule has 0 bridgehead atoms. The Morgan fingerprint density at radius 2 is 1.55 bits per heavy atom. The highest BCUT2D eigenvalue weighted by atomic mass is 35.5. The average Bonchev–Trinajstić information content (AvgIpc) is 2.69. The van der Waals surface area contributed by atoms with Crippen molar-refractivity contribution in [2.24, 2.45) is 0 Å². The second-order valence-electron chi connectivity index (χ2n) is 7.36. The first-order valence-electron chi connectivity index (χ1n) is 9.28. The number of pyridine rings is 1. The van der Waals surface area contributed by atoms with Gasteiger partial charge in [0, 0.05) is 30.7 Å². The number of aromatic nitrogens is 1. The van der Waals surface area contributed by atoms with E-state index in [-0.39, 0.29) is 16.9 Å². The van der Waals surface area contributed by atoms with E-state index in [1.807, 2.05) is 80.5 Å². The van der Waals surface area contributed by atoms with E-state index in [9.17, 15) is 9.90 Å². The number of fused-ring (bicyclic) bond motifs is 1. The van der Waals surface area contributed by atoms with Gasteiger partial charge in [-0.15, -0.1) is 0 Å². The molecule has 0 amide bonds. The van der Waals surface area contributed by atoms with Crippen molar-refractivity contribution in [3.8, 4) is 28.0 Å². The largest absolute Gasteiger partial charge is 0.506 e. The van der Waals surface area contributed by atoms with Gasteiger partial charge in [-0.25, -0.2) is 0 Å². The third-order valence-corrected chi connectivity index (χ3v) is 5.42. The van der Waals surface area contributed by atoms with Crippen LogP contribution < -0.4 is 10.5 Å². The molecule has 3 aromatic carbocycles. The van der Waals surface area contributed by atoms with Crippen LogP contribution in [0.3, 0.4) is 0 Å². The molecule has 4 aromatic rings. The fraction of sp³-hybridized carbons (Fsp3) is 0.125. The van der Waals surface area contributed by atoms with Crippen molar-refractivity contribution in [3.05, 3.63) is 81.6 Å². The summed E-state index contributed by atoms with van der Waals surface area (Å²) in [5, 5.41) is 12.0. The number of hydrogen-bond donors (Lipinski definition) is 2. The van der Waals surface area contributed by atoms with Crippen LogP contribution in [0.2, 0.25) is 5.02 Å². The van der Waals surface area contributed by atoms with E-state index < -0.39 is 0 Å². The summed E-state index contributed by atoms with van der Waals surface area (Å²) in [5.41, 5.74) is 4.98. The SMILES string of the molecule is Cc1ccc(-c2c(O)c3cc(-c4ccc(N(C)C)cc4)c(Cl)cc3[nH]c2=O)cc1. The van der Waals surface area contributed by atoms with Gasteiger partial charge in [-0.2, -0.15) is 0 Å². The van der Waals surface area contributed by atoms with E-state index in [0.29, 0.717) is 21.5 Å². The third kappa shape index (κ3) is 3.47. The van der Waals surface area contributed by atoms with Crippen LogP contribution in [-0.2, 0) is 0 Å². The quantitative estimate of drug-likeness (QED) is 0.467. The van der Waals surface area contributed by atoms with Crippen LogP contribution in [0.5, 0.6) is 5.75 Å². The molecular formula is C24H21ClN2O2. The van der Waals surface area contributed by atoms with Crippen LogP contribution in [0.25, 0.3) is 33.2 Å². The summed E-state index contributed by atoms with van der Waals surface area (Å²) in [5.74, 6) is -0.0459. The Bertz CT molecular complexity index is 1260. The van der Waals surface area contributed by atoms with Crippen molar-refractivity contribution >= 4 is 28.2 Å². The molecule has 29 heavy (non-hydrogen) atoms. The number of aromatic amines is 1. The number of nitrogens with zero attached hydrogens (tertiary/aromatic N) is 1. The van der Waals surface area contributed by atoms with E-state index in [1.54, 1.807) is 6.07 Å². The summed E-state index contributed by atoms with van der Waals surface area (Å²) in [6.07, 6.45) is 0. The predicted molar refractivity (Wildman–Crippen MR) is 121 cm³/mol. The monoisotopic (exact) mass is 404 g/mol. The highest BCUT2D eigenvalue weighted by Gasteiger charge is 2.16. The molecule has 4 nitrogen and oxygen atoms in total. The van der Waals surface area contributed by atoms with Crippen LogP contribution in [-0.4, -0.2) is 24.2 Å². The highest BCUT2D eigenvalue weighted by Crippen LogP contribution is 2.38. The topological polar surface area (TPSA) is 56.3 Å². The van der Waals surface area contributed by atoms with Crippen molar-refractivity contribution in [2.45, 2.75) is 6.92 Å². The first-order valence-corrected chi connectivity index (χ1v) is 9.66. The van der Waals surface area contributed by atoms with E-state index in [2.05, 4.69) is 4.98 Å². The zero-order chi connectivity index (χ0) is 20.7. The van der Waals surface area contributed by atoms with E-state index in [4.69, 9.17) is 11.6 Å². The minimum atomic E-state index is -0.349. The van der Waals surface area contributed by atoms with Gasteiger partial charge in [0.15, 0.2) is 0 Å². The van der Waals surface area contributed by atoms with Gasteiger partial charge >= 0.3 is 0 Å². The van der Waals surface area contributed by atoms with Gasteiger partial charge in [-0.1, -0.05) is 53.6 Å².